The third-order valence-corrected chi connectivity index (χ3v) is 5.00. The minimum atomic E-state index is -0.546. The topological polar surface area (TPSA) is 124 Å². The van der Waals surface area contributed by atoms with Gasteiger partial charge in [0.1, 0.15) is 0 Å². The van der Waals surface area contributed by atoms with E-state index in [2.05, 4.69) is 15.2 Å². The Balaban J connectivity index is 0.00000320. The maximum Gasteiger partial charge on any atom is 0.338 e. The Labute approximate surface area is 180 Å². The van der Waals surface area contributed by atoms with E-state index in [-0.39, 0.29) is 25.4 Å². The smallest absolute Gasteiger partial charge is 0.338 e. The zero-order valence-electron chi connectivity index (χ0n) is 17.3. The molecule has 1 fully saturated rings. The number of rotatable bonds is 7. The molecule has 2 aromatic heterocycles. The number of aromatic nitrogens is 3. The quantitative estimate of drug-likeness (QED) is 0.642. The van der Waals surface area contributed by atoms with Crippen LogP contribution in [-0.4, -0.2) is 70.3 Å². The summed E-state index contributed by atoms with van der Waals surface area (Å²) in [7, 11) is 0. The number of primary amides is 1. The number of carbonyl (C=O) groups excluding carboxylic acids is 2. The number of amides is 2. The minimum Gasteiger partial charge on any atom is -0.379 e. The molecule has 0 aromatic carbocycles. The Hall–Kier alpha value is -2.43. The molecule has 3 rings (SSSR count). The molecule has 30 heavy (non-hydrogen) atoms. The number of imidazole rings is 1. The van der Waals surface area contributed by atoms with Crippen molar-refractivity contribution in [2.75, 3.05) is 39.4 Å². The molecule has 2 amide bonds. The predicted molar refractivity (Wildman–Crippen MR) is 115 cm³/mol. The Bertz CT molecular complexity index is 948. The standard InChI is InChI=1S/C19H28N6O4.ClH/c1-19(2,12-15(20)26)13-22-17(27)25-14-4-3-5-21-16(14)24(18(25)28)7-6-23-8-10-29-11-9-23;/h3-5H,6-13H2,1-2H3,(H2,20,26)(H,22,27);1H. The molecule has 0 radical (unpaired) electrons. The van der Waals surface area contributed by atoms with Gasteiger partial charge in [-0.05, 0) is 17.5 Å². The van der Waals surface area contributed by atoms with E-state index in [1.807, 2.05) is 13.8 Å². The van der Waals surface area contributed by atoms with E-state index in [1.54, 1.807) is 18.3 Å². The number of carbonyl (C=O) groups is 2. The molecular weight excluding hydrogens is 412 g/mol. The van der Waals surface area contributed by atoms with Gasteiger partial charge in [0.05, 0.1) is 18.7 Å². The van der Waals surface area contributed by atoms with Gasteiger partial charge in [-0.1, -0.05) is 13.8 Å². The van der Waals surface area contributed by atoms with Crippen LogP contribution in [0.5, 0.6) is 0 Å². The molecule has 0 saturated carbocycles. The summed E-state index contributed by atoms with van der Waals surface area (Å²) in [6.45, 7) is 7.96. The summed E-state index contributed by atoms with van der Waals surface area (Å²) >= 11 is 0. The van der Waals surface area contributed by atoms with Crippen molar-refractivity contribution in [3.8, 4) is 0 Å². The van der Waals surface area contributed by atoms with E-state index in [0.29, 0.717) is 37.5 Å². The molecule has 1 aliphatic rings. The van der Waals surface area contributed by atoms with Gasteiger partial charge in [-0.2, -0.15) is 0 Å². The van der Waals surface area contributed by atoms with E-state index in [1.165, 1.54) is 4.57 Å². The molecule has 0 aliphatic carbocycles. The lowest BCUT2D eigenvalue weighted by molar-refractivity contribution is -0.119. The van der Waals surface area contributed by atoms with E-state index >= 15 is 0 Å². The highest BCUT2D eigenvalue weighted by Gasteiger charge is 2.24. The number of nitrogens with two attached hydrogens (primary N) is 1. The van der Waals surface area contributed by atoms with Crippen LogP contribution in [-0.2, 0) is 16.1 Å². The van der Waals surface area contributed by atoms with Crippen LogP contribution in [0.15, 0.2) is 23.1 Å². The summed E-state index contributed by atoms with van der Waals surface area (Å²) in [4.78, 5) is 43.5. The van der Waals surface area contributed by atoms with Gasteiger partial charge in [0.25, 0.3) is 0 Å². The van der Waals surface area contributed by atoms with Gasteiger partial charge < -0.3 is 15.8 Å². The number of hydrogen-bond donors (Lipinski definition) is 2. The monoisotopic (exact) mass is 440 g/mol. The van der Waals surface area contributed by atoms with Crippen LogP contribution in [0.3, 0.4) is 0 Å². The van der Waals surface area contributed by atoms with Crippen molar-refractivity contribution in [2.24, 2.45) is 11.1 Å². The minimum absolute atomic E-state index is 0. The first-order valence-corrected chi connectivity index (χ1v) is 9.71. The highest BCUT2D eigenvalue weighted by Crippen LogP contribution is 2.18. The normalized spacial score (nSPS) is 15.0. The van der Waals surface area contributed by atoms with Crippen LogP contribution in [0.25, 0.3) is 11.2 Å². The maximum atomic E-state index is 13.0. The van der Waals surface area contributed by atoms with Crippen molar-refractivity contribution >= 4 is 35.5 Å². The van der Waals surface area contributed by atoms with Gasteiger partial charge in [0.2, 0.25) is 5.91 Å². The van der Waals surface area contributed by atoms with Crippen molar-refractivity contribution in [3.05, 3.63) is 28.8 Å². The number of halogens is 1. The van der Waals surface area contributed by atoms with Crippen LogP contribution in [0, 0.1) is 5.41 Å². The lowest BCUT2D eigenvalue weighted by atomic mass is 9.89. The van der Waals surface area contributed by atoms with Gasteiger partial charge in [-0.15, -0.1) is 12.4 Å². The van der Waals surface area contributed by atoms with Gasteiger partial charge in [-0.25, -0.2) is 19.1 Å². The highest BCUT2D eigenvalue weighted by molar-refractivity contribution is 5.88. The largest absolute Gasteiger partial charge is 0.379 e. The predicted octanol–water partition coefficient (Wildman–Crippen LogP) is 0.411. The van der Waals surface area contributed by atoms with Crippen LogP contribution in [0.1, 0.15) is 20.3 Å². The molecule has 166 valence electrons. The first kappa shape index (κ1) is 23.8. The fourth-order valence-corrected chi connectivity index (χ4v) is 3.48. The van der Waals surface area contributed by atoms with Crippen LogP contribution in [0.4, 0.5) is 4.79 Å². The lowest BCUT2D eigenvalue weighted by Crippen LogP contribution is -2.43. The number of morpholine rings is 1. The SMILES string of the molecule is CC(C)(CNC(=O)n1c(=O)n(CCN2CCOCC2)c2ncccc21)CC(N)=O.Cl. The van der Waals surface area contributed by atoms with Crippen molar-refractivity contribution in [3.63, 3.8) is 0 Å². The Morgan fingerprint density at radius 2 is 1.97 bits per heavy atom. The third-order valence-electron chi connectivity index (χ3n) is 5.00. The number of hydrogen-bond acceptors (Lipinski definition) is 6. The molecule has 0 unspecified atom stereocenters. The molecule has 0 spiro atoms. The number of pyridine rings is 1. The first-order chi connectivity index (χ1) is 13.8. The van der Waals surface area contributed by atoms with E-state index in [4.69, 9.17) is 10.5 Å². The molecule has 3 heterocycles. The second-order valence-electron chi connectivity index (χ2n) is 8.04. The lowest BCUT2D eigenvalue weighted by Gasteiger charge is -2.26. The van der Waals surface area contributed by atoms with Gasteiger partial charge in [0.15, 0.2) is 5.65 Å². The van der Waals surface area contributed by atoms with Gasteiger partial charge in [-0.3, -0.25) is 14.3 Å². The maximum absolute atomic E-state index is 13.0. The average molecular weight is 441 g/mol. The molecule has 10 nitrogen and oxygen atoms in total. The van der Waals surface area contributed by atoms with Gasteiger partial charge >= 0.3 is 11.7 Å². The summed E-state index contributed by atoms with van der Waals surface area (Å²) < 4.78 is 7.98. The first-order valence-electron chi connectivity index (χ1n) is 9.71. The molecule has 0 bridgehead atoms. The van der Waals surface area contributed by atoms with Crippen molar-refractivity contribution in [2.45, 2.75) is 26.8 Å². The number of ether oxygens (including phenoxy) is 1. The van der Waals surface area contributed by atoms with E-state index < -0.39 is 23.0 Å². The summed E-state index contributed by atoms with van der Waals surface area (Å²) in [5.41, 5.74) is 5.23. The second-order valence-corrected chi connectivity index (χ2v) is 8.04. The second kappa shape index (κ2) is 10.1. The Morgan fingerprint density at radius 3 is 2.63 bits per heavy atom. The summed E-state index contributed by atoms with van der Waals surface area (Å²) in [5.74, 6) is -0.440. The van der Waals surface area contributed by atoms with Crippen molar-refractivity contribution in [1.29, 1.82) is 0 Å². The van der Waals surface area contributed by atoms with Crippen molar-refractivity contribution < 1.29 is 14.3 Å². The number of nitrogens with zero attached hydrogens (tertiary/aromatic N) is 4. The molecule has 1 aliphatic heterocycles. The molecule has 0 atom stereocenters. The van der Waals surface area contributed by atoms with Crippen LogP contribution in [0.2, 0.25) is 0 Å². The Kier molecular flexibility index (Phi) is 7.99. The molecular formula is C19H29ClN6O4. The third kappa shape index (κ3) is 5.59. The average Bonchev–Trinajstić information content (AvgIpc) is 2.96. The van der Waals surface area contributed by atoms with Gasteiger partial charge in [0, 0.05) is 45.3 Å². The number of nitrogens with one attached hydrogen (secondary N) is 1. The molecule has 1 saturated heterocycles. The summed E-state index contributed by atoms with van der Waals surface area (Å²) in [6, 6.07) is 2.84. The summed E-state index contributed by atoms with van der Waals surface area (Å²) in [6.07, 6.45) is 1.73. The fraction of sp³-hybridized carbons (Fsp3) is 0.579. The van der Waals surface area contributed by atoms with Crippen LogP contribution >= 0.6 is 12.4 Å². The van der Waals surface area contributed by atoms with E-state index in [0.717, 1.165) is 17.7 Å². The summed E-state index contributed by atoms with van der Waals surface area (Å²) in [5, 5.41) is 2.74. The molecule has 11 heteroatoms. The number of fused-ring (bicyclic) bond motifs is 1. The Morgan fingerprint density at radius 1 is 1.27 bits per heavy atom. The van der Waals surface area contributed by atoms with Crippen LogP contribution < -0.4 is 16.7 Å². The molecule has 2 aromatic rings. The zero-order chi connectivity index (χ0) is 21.0. The fourth-order valence-electron chi connectivity index (χ4n) is 3.48. The van der Waals surface area contributed by atoms with Crippen molar-refractivity contribution in [1.82, 2.24) is 24.3 Å². The zero-order valence-corrected chi connectivity index (χ0v) is 18.1. The molecule has 3 N–H and O–H groups in total. The van der Waals surface area contributed by atoms with E-state index in [9.17, 15) is 14.4 Å². The highest BCUT2D eigenvalue weighted by atomic mass is 35.5.